The van der Waals surface area contributed by atoms with Gasteiger partial charge in [0.25, 0.3) is 0 Å². The third-order valence-corrected chi connectivity index (χ3v) is 4.38. The van der Waals surface area contributed by atoms with Gasteiger partial charge in [0.1, 0.15) is 0 Å². The first kappa shape index (κ1) is 17.9. The highest BCUT2D eigenvalue weighted by Crippen LogP contribution is 2.07. The highest BCUT2D eigenvalue weighted by Gasteiger charge is 2.41. The third-order valence-electron chi connectivity index (χ3n) is 2.33. The number of hydrogen-bond acceptors (Lipinski definition) is 7. The molecule has 0 aliphatic carbocycles. The molecule has 0 unspecified atom stereocenters. The van der Waals surface area contributed by atoms with Gasteiger partial charge in [-0.3, -0.25) is 0 Å². The molecule has 0 bridgehead atoms. The van der Waals surface area contributed by atoms with Gasteiger partial charge >= 0.3 is 9.05 Å². The molecule has 0 amide bonds. The summed E-state index contributed by atoms with van der Waals surface area (Å²) < 4.78 is 20.9. The lowest BCUT2D eigenvalue weighted by molar-refractivity contribution is 0.00549. The van der Waals surface area contributed by atoms with Crippen LogP contribution in [0.2, 0.25) is 0 Å². The van der Waals surface area contributed by atoms with Crippen molar-refractivity contribution in [3.05, 3.63) is 0 Å². The van der Waals surface area contributed by atoms with Crippen LogP contribution in [0.25, 0.3) is 0 Å². The summed E-state index contributed by atoms with van der Waals surface area (Å²) in [6.07, 6.45) is 0.877. The Bertz CT molecular complexity index is 176. The van der Waals surface area contributed by atoms with E-state index in [4.69, 9.17) is 23.4 Å². The van der Waals surface area contributed by atoms with E-state index >= 15 is 0 Å². The summed E-state index contributed by atoms with van der Waals surface area (Å²) in [5, 5.41) is 6.50. The standard InChI is InChI=1S/C10H27N3O4Si/c1-14-18(15-2,16-3)17-10-4-6-12-8-9-13-7-5-11/h12-13H,4-11H2,1-3H3. The maximum atomic E-state index is 5.52. The summed E-state index contributed by atoms with van der Waals surface area (Å²) in [6, 6.07) is 0. The van der Waals surface area contributed by atoms with Crippen LogP contribution in [0.5, 0.6) is 0 Å². The summed E-state index contributed by atoms with van der Waals surface area (Å²) in [7, 11) is 1.73. The zero-order valence-corrected chi connectivity index (χ0v) is 12.7. The molecule has 4 N–H and O–H groups in total. The minimum absolute atomic E-state index is 0.547. The van der Waals surface area contributed by atoms with Crippen LogP contribution in [0.4, 0.5) is 0 Å². The average Bonchev–Trinajstić information content (AvgIpc) is 2.42. The van der Waals surface area contributed by atoms with E-state index in [1.54, 1.807) is 0 Å². The molecule has 0 aromatic carbocycles. The number of rotatable bonds is 13. The van der Waals surface area contributed by atoms with Gasteiger partial charge in [0.2, 0.25) is 0 Å². The predicted molar refractivity (Wildman–Crippen MR) is 72.1 cm³/mol. The Morgan fingerprint density at radius 2 is 1.44 bits per heavy atom. The van der Waals surface area contributed by atoms with Crippen LogP contribution in [-0.2, 0) is 17.7 Å². The second kappa shape index (κ2) is 12.0. The minimum Gasteiger partial charge on any atom is -0.355 e. The Labute approximate surface area is 111 Å². The first-order valence-electron chi connectivity index (χ1n) is 6.15. The Hall–Kier alpha value is -0.0631. The van der Waals surface area contributed by atoms with Gasteiger partial charge in [-0.15, -0.1) is 0 Å². The van der Waals surface area contributed by atoms with Crippen molar-refractivity contribution in [1.29, 1.82) is 0 Å². The van der Waals surface area contributed by atoms with E-state index in [2.05, 4.69) is 10.6 Å². The van der Waals surface area contributed by atoms with E-state index in [0.29, 0.717) is 13.2 Å². The lowest BCUT2D eigenvalue weighted by Gasteiger charge is -2.22. The third kappa shape index (κ3) is 8.11. The molecule has 0 radical (unpaired) electrons. The first-order valence-corrected chi connectivity index (χ1v) is 7.79. The van der Waals surface area contributed by atoms with Crippen molar-refractivity contribution in [1.82, 2.24) is 10.6 Å². The summed E-state index contributed by atoms with van der Waals surface area (Å²) in [4.78, 5) is 0. The van der Waals surface area contributed by atoms with E-state index in [-0.39, 0.29) is 0 Å². The fourth-order valence-corrected chi connectivity index (χ4v) is 2.60. The van der Waals surface area contributed by atoms with Gasteiger partial charge in [0.05, 0.1) is 0 Å². The van der Waals surface area contributed by atoms with Gasteiger partial charge in [0.15, 0.2) is 0 Å². The van der Waals surface area contributed by atoms with Crippen molar-refractivity contribution in [3.63, 3.8) is 0 Å². The van der Waals surface area contributed by atoms with Crippen LogP contribution < -0.4 is 16.4 Å². The van der Waals surface area contributed by atoms with Crippen LogP contribution in [-0.4, -0.2) is 69.7 Å². The van der Waals surface area contributed by atoms with Crippen molar-refractivity contribution in [2.45, 2.75) is 6.42 Å². The highest BCUT2D eigenvalue weighted by molar-refractivity contribution is 6.53. The lowest BCUT2D eigenvalue weighted by Crippen LogP contribution is -2.46. The van der Waals surface area contributed by atoms with Gasteiger partial charge in [0, 0.05) is 54.1 Å². The molecule has 110 valence electrons. The minimum atomic E-state index is -2.86. The molecule has 0 aromatic heterocycles. The van der Waals surface area contributed by atoms with Crippen LogP contribution in [0.1, 0.15) is 6.42 Å². The van der Waals surface area contributed by atoms with Crippen molar-refractivity contribution in [3.8, 4) is 0 Å². The Balaban J connectivity index is 3.38. The first-order chi connectivity index (χ1) is 8.74. The highest BCUT2D eigenvalue weighted by atomic mass is 28.4. The molecule has 0 saturated carbocycles. The second-order valence-corrected chi connectivity index (χ2v) is 6.12. The normalized spacial score (nSPS) is 12.0. The van der Waals surface area contributed by atoms with E-state index < -0.39 is 9.05 Å². The summed E-state index contributed by atoms with van der Waals surface area (Å²) >= 11 is 0. The molecule has 0 rings (SSSR count). The summed E-state index contributed by atoms with van der Waals surface area (Å²) in [6.45, 7) is 4.79. The number of nitrogens with one attached hydrogen (secondary N) is 2. The van der Waals surface area contributed by atoms with Gasteiger partial charge in [-0.1, -0.05) is 0 Å². The number of nitrogens with two attached hydrogens (primary N) is 1. The smallest absolute Gasteiger partial charge is 0.355 e. The zero-order chi connectivity index (χ0) is 13.7. The largest absolute Gasteiger partial charge is 0.678 e. The molecule has 7 nitrogen and oxygen atoms in total. The average molecular weight is 281 g/mol. The Morgan fingerprint density at radius 3 is 1.94 bits per heavy atom. The van der Waals surface area contributed by atoms with Gasteiger partial charge in [-0.2, -0.15) is 0 Å². The van der Waals surface area contributed by atoms with Crippen LogP contribution >= 0.6 is 0 Å². The molecular weight excluding hydrogens is 254 g/mol. The zero-order valence-electron chi connectivity index (χ0n) is 11.7. The van der Waals surface area contributed by atoms with E-state index in [0.717, 1.165) is 32.6 Å². The van der Waals surface area contributed by atoms with Crippen molar-refractivity contribution in [2.75, 3.05) is 60.7 Å². The van der Waals surface area contributed by atoms with Crippen molar-refractivity contribution in [2.24, 2.45) is 5.73 Å². The van der Waals surface area contributed by atoms with Gasteiger partial charge < -0.3 is 34.1 Å². The molecule has 8 heteroatoms. The summed E-state index contributed by atoms with van der Waals surface area (Å²) in [5.74, 6) is 0. The van der Waals surface area contributed by atoms with Crippen molar-refractivity contribution < 1.29 is 17.7 Å². The molecule has 18 heavy (non-hydrogen) atoms. The topological polar surface area (TPSA) is 87.0 Å². The number of hydrogen-bond donors (Lipinski definition) is 3. The monoisotopic (exact) mass is 281 g/mol. The second-order valence-electron chi connectivity index (χ2n) is 3.60. The van der Waals surface area contributed by atoms with Crippen LogP contribution in [0.3, 0.4) is 0 Å². The Morgan fingerprint density at radius 1 is 0.889 bits per heavy atom. The quantitative estimate of drug-likeness (QED) is 0.292. The molecule has 0 heterocycles. The molecule has 0 aromatic rings. The Kier molecular flexibility index (Phi) is 12.0. The van der Waals surface area contributed by atoms with E-state index in [1.165, 1.54) is 21.3 Å². The predicted octanol–water partition coefficient (Wildman–Crippen LogP) is -1.09. The summed E-state index contributed by atoms with van der Waals surface area (Å²) in [5.41, 5.74) is 5.36. The van der Waals surface area contributed by atoms with E-state index in [9.17, 15) is 0 Å². The maximum absolute atomic E-state index is 5.52. The fourth-order valence-electron chi connectivity index (χ4n) is 1.35. The van der Waals surface area contributed by atoms with E-state index in [1.807, 2.05) is 0 Å². The molecule has 0 spiro atoms. The van der Waals surface area contributed by atoms with Gasteiger partial charge in [-0.25, -0.2) is 0 Å². The molecule has 0 atom stereocenters. The molecule has 0 aliphatic heterocycles. The molecule has 0 aliphatic rings. The molecular formula is C10H27N3O4Si. The molecule has 0 saturated heterocycles. The van der Waals surface area contributed by atoms with Crippen LogP contribution in [0.15, 0.2) is 0 Å². The fraction of sp³-hybridized carbons (Fsp3) is 1.00. The SMILES string of the molecule is CO[Si](OC)(OC)OCCCNCCNCCN. The molecule has 0 fully saturated rings. The van der Waals surface area contributed by atoms with Crippen LogP contribution in [0, 0.1) is 0 Å². The maximum Gasteiger partial charge on any atom is 0.678 e. The van der Waals surface area contributed by atoms with Crippen molar-refractivity contribution >= 4 is 9.05 Å². The van der Waals surface area contributed by atoms with Gasteiger partial charge in [-0.05, 0) is 13.0 Å². The lowest BCUT2D eigenvalue weighted by atomic mass is 10.4.